The van der Waals surface area contributed by atoms with Crippen LogP contribution in [0.15, 0.2) is 36.5 Å². The molecule has 27 heavy (non-hydrogen) atoms. The molecule has 5 nitrogen and oxygen atoms in total. The molecule has 0 atom stereocenters. The number of nitriles is 1. The van der Waals surface area contributed by atoms with Crippen LogP contribution in [0.2, 0.25) is 5.02 Å². The zero-order valence-electron chi connectivity index (χ0n) is 15.4. The highest BCUT2D eigenvalue weighted by atomic mass is 35.5. The lowest BCUT2D eigenvalue weighted by atomic mass is 9.52. The van der Waals surface area contributed by atoms with Gasteiger partial charge < -0.3 is 14.7 Å². The second-order valence-electron chi connectivity index (χ2n) is 7.52. The molecule has 130 valence electrons. The van der Waals surface area contributed by atoms with Gasteiger partial charge in [-0.05, 0) is 24.3 Å². The highest BCUT2D eigenvalue weighted by molar-refractivity contribution is 6.58. The van der Waals surface area contributed by atoms with Crippen molar-refractivity contribution in [3.63, 3.8) is 0 Å². The fraction of sp³-hybridized carbons (Fsp3) is 0.111. The molecule has 0 saturated carbocycles. The molecule has 0 amide bonds. The second kappa shape index (κ2) is 6.43. The Balaban J connectivity index is 1.83. The molecule has 2 N–H and O–H groups in total. The number of halogens is 1. The largest absolute Gasteiger partial charge is 0.513 e. The number of hydrogen-bond acceptors (Lipinski definition) is 3. The van der Waals surface area contributed by atoms with Gasteiger partial charge in [0.05, 0.1) is 33.2 Å². The molecule has 0 unspecified atom stereocenters. The van der Waals surface area contributed by atoms with Gasteiger partial charge in [0, 0.05) is 34.9 Å². The number of nitrogens with zero attached hydrogens (tertiary/aromatic N) is 2. The molecular formula is C18H16B3ClN4O. The summed E-state index contributed by atoms with van der Waals surface area (Å²) in [6, 6.07) is 11.5. The highest BCUT2D eigenvalue weighted by Gasteiger charge is 2.20. The van der Waals surface area contributed by atoms with E-state index in [1.54, 1.807) is 12.1 Å². The fourth-order valence-corrected chi connectivity index (χ4v) is 3.46. The summed E-state index contributed by atoms with van der Waals surface area (Å²) < 4.78 is 6.19. The van der Waals surface area contributed by atoms with E-state index in [1.165, 1.54) is 0 Å². The average Bonchev–Trinajstić information content (AvgIpc) is 3.23. The maximum Gasteiger partial charge on any atom is 0.135 e. The molecule has 0 aliphatic heterocycles. The molecule has 0 spiro atoms. The number of fused-ring (bicyclic) bond motifs is 2. The standard InChI is InChI=1S/C18H16B3ClN4O/c19-18(20,21)27-15-7-12(22)17-10(3-4-24-17)11(15)6-16-25-13-2-1-9(8-23)5-14(13)26-16/h1-5,7,24H,6,19-21H2,(H,25,26). The summed E-state index contributed by atoms with van der Waals surface area (Å²) in [6.07, 6.45) is 2.44. The molecular weight excluding hydrogens is 356 g/mol. The van der Waals surface area contributed by atoms with E-state index >= 15 is 0 Å². The van der Waals surface area contributed by atoms with Gasteiger partial charge in [-0.1, -0.05) is 11.6 Å². The molecule has 4 aromatic rings. The molecule has 0 saturated heterocycles. The molecule has 4 rings (SSSR count). The van der Waals surface area contributed by atoms with Gasteiger partial charge in [0.1, 0.15) is 35.1 Å². The highest BCUT2D eigenvalue weighted by Crippen LogP contribution is 2.36. The van der Waals surface area contributed by atoms with Crippen LogP contribution in [0.4, 0.5) is 0 Å². The topological polar surface area (TPSA) is 77.5 Å². The van der Waals surface area contributed by atoms with Gasteiger partial charge in [-0.2, -0.15) is 5.26 Å². The molecule has 2 aromatic carbocycles. The Morgan fingerprint density at radius 1 is 1.22 bits per heavy atom. The number of imidazole rings is 1. The van der Waals surface area contributed by atoms with E-state index in [1.807, 2.05) is 47.9 Å². The monoisotopic (exact) mass is 372 g/mol. The van der Waals surface area contributed by atoms with Crippen molar-refractivity contribution in [2.75, 3.05) is 0 Å². The van der Waals surface area contributed by atoms with E-state index in [2.05, 4.69) is 21.0 Å². The van der Waals surface area contributed by atoms with Gasteiger partial charge >= 0.3 is 0 Å². The van der Waals surface area contributed by atoms with E-state index in [-0.39, 0.29) is 5.30 Å². The number of rotatable bonds is 4. The van der Waals surface area contributed by atoms with E-state index in [0.29, 0.717) is 17.0 Å². The van der Waals surface area contributed by atoms with E-state index < -0.39 is 0 Å². The van der Waals surface area contributed by atoms with Crippen LogP contribution in [0, 0.1) is 11.3 Å². The molecule has 0 bridgehead atoms. The normalized spacial score (nSPS) is 11.7. The Morgan fingerprint density at radius 2 is 2.04 bits per heavy atom. The van der Waals surface area contributed by atoms with Crippen LogP contribution in [0.3, 0.4) is 0 Å². The molecule has 9 heteroatoms. The van der Waals surface area contributed by atoms with Crippen molar-refractivity contribution in [3.05, 3.63) is 58.5 Å². The van der Waals surface area contributed by atoms with Gasteiger partial charge in [-0.25, -0.2) is 4.98 Å². The Kier molecular flexibility index (Phi) is 4.20. The van der Waals surface area contributed by atoms with Crippen molar-refractivity contribution < 1.29 is 4.74 Å². The zero-order chi connectivity index (χ0) is 19.2. The Labute approximate surface area is 164 Å². The number of hydrogen-bond donors (Lipinski definition) is 2. The quantitative estimate of drug-likeness (QED) is 0.526. The van der Waals surface area contributed by atoms with Crippen LogP contribution < -0.4 is 4.74 Å². The first kappa shape index (κ1) is 17.6. The van der Waals surface area contributed by atoms with Gasteiger partial charge in [-0.3, -0.25) is 0 Å². The second-order valence-corrected chi connectivity index (χ2v) is 7.93. The number of nitrogens with one attached hydrogen (secondary N) is 2. The van der Waals surface area contributed by atoms with Crippen molar-refractivity contribution >= 4 is 57.1 Å². The Hall–Kier alpha value is -2.78. The number of benzene rings is 2. The van der Waals surface area contributed by atoms with E-state index in [0.717, 1.165) is 39.1 Å². The van der Waals surface area contributed by atoms with E-state index in [9.17, 15) is 0 Å². The van der Waals surface area contributed by atoms with Gasteiger partial charge in [0.2, 0.25) is 0 Å². The van der Waals surface area contributed by atoms with Crippen LogP contribution >= 0.6 is 11.6 Å². The lowest BCUT2D eigenvalue weighted by Gasteiger charge is -2.24. The Bertz CT molecular complexity index is 1200. The number of H-pyrrole nitrogens is 2. The number of aromatic amines is 2. The van der Waals surface area contributed by atoms with E-state index in [4.69, 9.17) is 21.6 Å². The summed E-state index contributed by atoms with van der Waals surface area (Å²) in [5.74, 6) is 1.56. The van der Waals surface area contributed by atoms with Crippen LogP contribution in [-0.2, 0) is 6.42 Å². The predicted octanol–water partition coefficient (Wildman–Crippen LogP) is 1.05. The lowest BCUT2D eigenvalue weighted by molar-refractivity contribution is 0.316. The van der Waals surface area contributed by atoms with Gasteiger partial charge in [0.25, 0.3) is 0 Å². The maximum absolute atomic E-state index is 9.08. The number of ether oxygens (including phenoxy) is 1. The Morgan fingerprint density at radius 3 is 2.78 bits per heavy atom. The molecule has 0 aliphatic carbocycles. The van der Waals surface area contributed by atoms with Crippen LogP contribution in [0.1, 0.15) is 17.0 Å². The third-order valence-electron chi connectivity index (χ3n) is 4.29. The van der Waals surface area contributed by atoms with Crippen LogP contribution in [0.5, 0.6) is 5.75 Å². The predicted molar refractivity (Wildman–Crippen MR) is 116 cm³/mol. The third kappa shape index (κ3) is 3.43. The minimum atomic E-state index is -0.350. The summed E-state index contributed by atoms with van der Waals surface area (Å²) in [6.45, 7) is 0. The van der Waals surface area contributed by atoms with Gasteiger partial charge in [-0.15, -0.1) is 0 Å². The minimum Gasteiger partial charge on any atom is -0.513 e. The molecule has 0 fully saturated rings. The molecule has 0 aliphatic rings. The van der Waals surface area contributed by atoms with Crippen molar-refractivity contribution in [2.45, 2.75) is 11.7 Å². The zero-order valence-corrected chi connectivity index (χ0v) is 16.1. The molecule has 0 radical (unpaired) electrons. The summed E-state index contributed by atoms with van der Waals surface area (Å²) >= 11 is 6.44. The fourth-order valence-electron chi connectivity index (χ4n) is 3.21. The first-order chi connectivity index (χ1) is 12.8. The van der Waals surface area contributed by atoms with Crippen molar-refractivity contribution in [1.29, 1.82) is 5.26 Å². The SMILES string of the molecule is BC(B)(B)Oc1cc(Cl)c2[nH]ccc2c1Cc1nc2cc(C#N)ccc2[nH]1. The first-order valence-electron chi connectivity index (χ1n) is 8.70. The molecule has 2 heterocycles. The summed E-state index contributed by atoms with van der Waals surface area (Å²) in [7, 11) is 6.03. The van der Waals surface area contributed by atoms with Crippen LogP contribution in [-0.4, -0.2) is 43.8 Å². The minimum absolute atomic E-state index is 0.350. The third-order valence-corrected chi connectivity index (χ3v) is 4.59. The summed E-state index contributed by atoms with van der Waals surface area (Å²) in [5, 5.41) is 10.4. The smallest absolute Gasteiger partial charge is 0.135 e. The summed E-state index contributed by atoms with van der Waals surface area (Å²) in [5.41, 5.74) is 4.18. The summed E-state index contributed by atoms with van der Waals surface area (Å²) in [4.78, 5) is 11.2. The van der Waals surface area contributed by atoms with Crippen molar-refractivity contribution in [1.82, 2.24) is 15.0 Å². The average molecular weight is 372 g/mol. The van der Waals surface area contributed by atoms with Crippen LogP contribution in [0.25, 0.3) is 21.9 Å². The van der Waals surface area contributed by atoms with Crippen molar-refractivity contribution in [3.8, 4) is 11.8 Å². The van der Waals surface area contributed by atoms with Gasteiger partial charge in [0.15, 0.2) is 0 Å². The number of aromatic nitrogens is 3. The first-order valence-corrected chi connectivity index (χ1v) is 9.08. The molecule has 2 aromatic heterocycles. The maximum atomic E-state index is 9.08. The van der Waals surface area contributed by atoms with Crippen molar-refractivity contribution in [2.24, 2.45) is 0 Å². The lowest BCUT2D eigenvalue weighted by Crippen LogP contribution is -2.37.